The first-order valence-corrected chi connectivity index (χ1v) is 4.70. The molecule has 1 amide bonds. The van der Waals surface area contributed by atoms with Crippen LogP contribution in [0.4, 0.5) is 4.79 Å². The molecule has 1 atom stereocenters. The molecule has 0 aliphatic carbocycles. The van der Waals surface area contributed by atoms with E-state index in [4.69, 9.17) is 9.84 Å². The van der Waals surface area contributed by atoms with Crippen molar-refractivity contribution in [3.63, 3.8) is 0 Å². The number of nitrogens with zero attached hydrogens (tertiary/aromatic N) is 1. The number of amides is 1. The minimum Gasteiger partial charge on any atom is -0.479 e. The highest BCUT2D eigenvalue weighted by Crippen LogP contribution is 2.16. The molecule has 0 bridgehead atoms. The van der Waals surface area contributed by atoms with E-state index < -0.39 is 23.7 Å². The lowest BCUT2D eigenvalue weighted by atomic mass is 10.2. The highest BCUT2D eigenvalue weighted by atomic mass is 16.6. The molecule has 0 saturated heterocycles. The zero-order valence-electron chi connectivity index (χ0n) is 9.06. The van der Waals surface area contributed by atoms with Crippen LogP contribution in [0, 0.1) is 0 Å². The van der Waals surface area contributed by atoms with Gasteiger partial charge >= 0.3 is 12.1 Å². The molecule has 1 N–H and O–H groups in total. The molecule has 0 spiro atoms. The second-order valence-corrected chi connectivity index (χ2v) is 4.34. The first-order valence-electron chi connectivity index (χ1n) is 4.70. The highest BCUT2D eigenvalue weighted by Gasteiger charge is 2.33. The predicted octanol–water partition coefficient (Wildman–Crippen LogP) is 1.25. The number of carboxylic acid groups (broad SMARTS) is 1. The van der Waals surface area contributed by atoms with Gasteiger partial charge in [0.15, 0.2) is 6.04 Å². The Hall–Kier alpha value is -1.52. The minimum atomic E-state index is -1.05. The molecule has 1 aliphatic heterocycles. The lowest BCUT2D eigenvalue weighted by molar-refractivity contribution is -0.140. The standard InChI is InChI=1S/C10H15NO4/c1-10(2,3)15-9(14)11-6-4-5-7(11)8(12)13/h4-5,7H,6H2,1-3H3,(H,12,13)/t7-/m0/s1. The van der Waals surface area contributed by atoms with E-state index in [1.165, 1.54) is 11.0 Å². The van der Waals surface area contributed by atoms with E-state index in [2.05, 4.69) is 0 Å². The van der Waals surface area contributed by atoms with Crippen molar-refractivity contribution in [3.05, 3.63) is 12.2 Å². The van der Waals surface area contributed by atoms with Crippen molar-refractivity contribution in [1.82, 2.24) is 4.90 Å². The molecule has 0 aromatic rings. The highest BCUT2D eigenvalue weighted by molar-refractivity contribution is 5.83. The van der Waals surface area contributed by atoms with Crippen LogP contribution in [-0.4, -0.2) is 40.3 Å². The second-order valence-electron chi connectivity index (χ2n) is 4.34. The van der Waals surface area contributed by atoms with E-state index in [-0.39, 0.29) is 6.54 Å². The third kappa shape index (κ3) is 2.97. The molecule has 0 radical (unpaired) electrons. The molecule has 0 saturated carbocycles. The molecule has 1 heterocycles. The number of carboxylic acids is 1. The van der Waals surface area contributed by atoms with E-state index in [1.807, 2.05) is 0 Å². The largest absolute Gasteiger partial charge is 0.479 e. The van der Waals surface area contributed by atoms with Crippen molar-refractivity contribution in [2.75, 3.05) is 6.54 Å². The Morgan fingerprint density at radius 1 is 1.47 bits per heavy atom. The summed E-state index contributed by atoms with van der Waals surface area (Å²) in [5, 5.41) is 8.83. The fourth-order valence-corrected chi connectivity index (χ4v) is 1.25. The van der Waals surface area contributed by atoms with Crippen LogP contribution < -0.4 is 0 Å². The number of aliphatic carboxylic acids is 1. The third-order valence-electron chi connectivity index (χ3n) is 1.84. The zero-order valence-corrected chi connectivity index (χ0v) is 9.06. The quantitative estimate of drug-likeness (QED) is 0.665. The van der Waals surface area contributed by atoms with Gasteiger partial charge in [-0.05, 0) is 20.8 Å². The lowest BCUT2D eigenvalue weighted by Gasteiger charge is -2.26. The van der Waals surface area contributed by atoms with Crippen LogP contribution in [0.2, 0.25) is 0 Å². The maximum Gasteiger partial charge on any atom is 0.411 e. The maximum absolute atomic E-state index is 11.6. The summed E-state index contributed by atoms with van der Waals surface area (Å²) >= 11 is 0. The van der Waals surface area contributed by atoms with Crippen molar-refractivity contribution < 1.29 is 19.4 Å². The van der Waals surface area contributed by atoms with Gasteiger partial charge in [0.2, 0.25) is 0 Å². The Morgan fingerprint density at radius 2 is 2.07 bits per heavy atom. The van der Waals surface area contributed by atoms with Gasteiger partial charge in [0.1, 0.15) is 5.60 Å². The smallest absolute Gasteiger partial charge is 0.411 e. The normalized spacial score (nSPS) is 20.5. The van der Waals surface area contributed by atoms with Crippen LogP contribution in [0.1, 0.15) is 20.8 Å². The maximum atomic E-state index is 11.6. The Morgan fingerprint density at radius 3 is 2.53 bits per heavy atom. The van der Waals surface area contributed by atoms with Gasteiger partial charge < -0.3 is 9.84 Å². The van der Waals surface area contributed by atoms with Crippen LogP contribution in [0.5, 0.6) is 0 Å². The average Bonchev–Trinajstić information content (AvgIpc) is 2.47. The molecule has 5 nitrogen and oxygen atoms in total. The topological polar surface area (TPSA) is 66.8 Å². The van der Waals surface area contributed by atoms with E-state index in [0.717, 1.165) is 0 Å². The number of ether oxygens (including phenoxy) is 1. The van der Waals surface area contributed by atoms with E-state index in [9.17, 15) is 9.59 Å². The fraction of sp³-hybridized carbons (Fsp3) is 0.600. The second kappa shape index (κ2) is 3.92. The summed E-state index contributed by atoms with van der Waals surface area (Å²) in [7, 11) is 0. The number of carbonyl (C=O) groups excluding carboxylic acids is 1. The van der Waals surface area contributed by atoms with Crippen molar-refractivity contribution in [1.29, 1.82) is 0 Å². The van der Waals surface area contributed by atoms with Gasteiger partial charge in [-0.2, -0.15) is 0 Å². The van der Waals surface area contributed by atoms with Crippen LogP contribution in [-0.2, 0) is 9.53 Å². The molecular formula is C10H15NO4. The monoisotopic (exact) mass is 213 g/mol. The Labute approximate surface area is 88.3 Å². The van der Waals surface area contributed by atoms with Crippen molar-refractivity contribution in [2.24, 2.45) is 0 Å². The van der Waals surface area contributed by atoms with Gasteiger partial charge in [0.25, 0.3) is 0 Å². The summed E-state index contributed by atoms with van der Waals surface area (Å²) in [4.78, 5) is 23.5. The van der Waals surface area contributed by atoms with Gasteiger partial charge in [0.05, 0.1) is 0 Å². The van der Waals surface area contributed by atoms with E-state index in [0.29, 0.717) is 0 Å². The van der Waals surface area contributed by atoms with Gasteiger partial charge in [0, 0.05) is 6.54 Å². The number of rotatable bonds is 1. The summed E-state index contributed by atoms with van der Waals surface area (Å²) in [6, 6.07) is -0.903. The summed E-state index contributed by atoms with van der Waals surface area (Å²) in [5.41, 5.74) is -0.608. The lowest BCUT2D eigenvalue weighted by Crippen LogP contribution is -2.43. The Balaban J connectivity index is 2.65. The van der Waals surface area contributed by atoms with Crippen molar-refractivity contribution in [3.8, 4) is 0 Å². The van der Waals surface area contributed by atoms with Gasteiger partial charge in [-0.1, -0.05) is 12.2 Å². The van der Waals surface area contributed by atoms with E-state index in [1.54, 1.807) is 26.8 Å². The third-order valence-corrected chi connectivity index (χ3v) is 1.84. The van der Waals surface area contributed by atoms with Crippen LogP contribution in [0.25, 0.3) is 0 Å². The molecule has 5 heteroatoms. The van der Waals surface area contributed by atoms with Crippen molar-refractivity contribution in [2.45, 2.75) is 32.4 Å². The van der Waals surface area contributed by atoms with Crippen LogP contribution >= 0.6 is 0 Å². The average molecular weight is 213 g/mol. The zero-order chi connectivity index (χ0) is 11.6. The van der Waals surface area contributed by atoms with Gasteiger partial charge in [-0.25, -0.2) is 9.59 Å². The molecule has 0 aromatic carbocycles. The fourth-order valence-electron chi connectivity index (χ4n) is 1.25. The molecule has 15 heavy (non-hydrogen) atoms. The first-order chi connectivity index (χ1) is 6.81. The van der Waals surface area contributed by atoms with E-state index >= 15 is 0 Å². The SMILES string of the molecule is CC(C)(C)OC(=O)N1CC=C[C@H]1C(=O)O. The molecule has 0 unspecified atom stereocenters. The molecule has 1 aliphatic rings. The Kier molecular flexibility index (Phi) is 3.02. The summed E-state index contributed by atoms with van der Waals surface area (Å²) in [5.74, 6) is -1.05. The predicted molar refractivity (Wildman–Crippen MR) is 53.5 cm³/mol. The van der Waals surface area contributed by atoms with Crippen molar-refractivity contribution >= 4 is 12.1 Å². The number of carbonyl (C=O) groups is 2. The summed E-state index contributed by atoms with van der Waals surface area (Å²) in [6.45, 7) is 5.50. The number of hydrogen-bond acceptors (Lipinski definition) is 3. The molecule has 0 aromatic heterocycles. The van der Waals surface area contributed by atoms with Gasteiger partial charge in [-0.3, -0.25) is 4.90 Å². The molecule has 1 rings (SSSR count). The summed E-state index contributed by atoms with van der Waals surface area (Å²) in [6.07, 6.45) is 2.52. The molecular weight excluding hydrogens is 198 g/mol. The molecule has 0 fully saturated rings. The van der Waals surface area contributed by atoms with Gasteiger partial charge in [-0.15, -0.1) is 0 Å². The summed E-state index contributed by atoms with van der Waals surface area (Å²) < 4.78 is 5.09. The van der Waals surface area contributed by atoms with Crippen LogP contribution in [0.3, 0.4) is 0 Å². The Bertz CT molecular complexity index is 303. The first kappa shape index (κ1) is 11.6. The minimum absolute atomic E-state index is 0.284. The molecule has 84 valence electrons. The number of hydrogen-bond donors (Lipinski definition) is 1. The van der Waals surface area contributed by atoms with Crippen LogP contribution in [0.15, 0.2) is 12.2 Å².